The van der Waals surface area contributed by atoms with Gasteiger partial charge in [-0.1, -0.05) is 0 Å². The summed E-state index contributed by atoms with van der Waals surface area (Å²) >= 11 is 3.32. The van der Waals surface area contributed by atoms with E-state index in [1.807, 2.05) is 6.92 Å². The number of methoxy groups -OCH3 is 1. The molecule has 0 spiro atoms. The van der Waals surface area contributed by atoms with Crippen LogP contribution in [0.3, 0.4) is 0 Å². The average molecular weight is 259 g/mol. The van der Waals surface area contributed by atoms with Gasteiger partial charge in [0, 0.05) is 0 Å². The standard InChI is InChI=1S/C10H11BrO3/c1-3-14-9-5-8(11)10(13-2)4-7(9)6-12/h4-6H,3H2,1-2H3. The summed E-state index contributed by atoms with van der Waals surface area (Å²) in [6, 6.07) is 3.37. The molecule has 0 heterocycles. The van der Waals surface area contributed by atoms with Crippen molar-refractivity contribution in [3.05, 3.63) is 22.2 Å². The van der Waals surface area contributed by atoms with Crippen molar-refractivity contribution in [1.82, 2.24) is 0 Å². The second kappa shape index (κ2) is 5.00. The largest absolute Gasteiger partial charge is 0.496 e. The monoisotopic (exact) mass is 258 g/mol. The predicted molar refractivity (Wildman–Crippen MR) is 57.3 cm³/mol. The van der Waals surface area contributed by atoms with Gasteiger partial charge in [0.05, 0.1) is 23.8 Å². The van der Waals surface area contributed by atoms with Crippen molar-refractivity contribution < 1.29 is 14.3 Å². The highest BCUT2D eigenvalue weighted by molar-refractivity contribution is 9.10. The Kier molecular flexibility index (Phi) is 3.95. The molecule has 3 nitrogen and oxygen atoms in total. The molecule has 76 valence electrons. The lowest BCUT2D eigenvalue weighted by Gasteiger charge is -2.09. The summed E-state index contributed by atoms with van der Waals surface area (Å²) in [5, 5.41) is 0. The normalized spacial score (nSPS) is 9.64. The first kappa shape index (κ1) is 11.0. The van der Waals surface area contributed by atoms with E-state index >= 15 is 0 Å². The first-order chi connectivity index (χ1) is 6.72. The Bertz CT molecular complexity index is 336. The van der Waals surface area contributed by atoms with Crippen molar-refractivity contribution in [3.63, 3.8) is 0 Å². The molecule has 0 aliphatic heterocycles. The Morgan fingerprint density at radius 2 is 2.14 bits per heavy atom. The highest BCUT2D eigenvalue weighted by Crippen LogP contribution is 2.31. The van der Waals surface area contributed by atoms with E-state index in [0.717, 1.165) is 10.8 Å². The number of carbonyl (C=O) groups excluding carboxylic acids is 1. The topological polar surface area (TPSA) is 35.5 Å². The second-order valence-electron chi connectivity index (χ2n) is 2.58. The Morgan fingerprint density at radius 3 is 2.64 bits per heavy atom. The molecule has 0 N–H and O–H groups in total. The Hall–Kier alpha value is -1.03. The highest BCUT2D eigenvalue weighted by atomic mass is 79.9. The third kappa shape index (κ3) is 2.26. The van der Waals surface area contributed by atoms with Gasteiger partial charge in [-0.25, -0.2) is 0 Å². The number of rotatable bonds is 4. The van der Waals surface area contributed by atoms with Gasteiger partial charge >= 0.3 is 0 Å². The molecular weight excluding hydrogens is 248 g/mol. The van der Waals surface area contributed by atoms with E-state index in [1.54, 1.807) is 19.2 Å². The number of aldehydes is 1. The van der Waals surface area contributed by atoms with Gasteiger partial charge < -0.3 is 9.47 Å². The summed E-state index contributed by atoms with van der Waals surface area (Å²) in [4.78, 5) is 10.7. The number of ether oxygens (including phenoxy) is 2. The van der Waals surface area contributed by atoms with Crippen LogP contribution >= 0.6 is 15.9 Å². The lowest BCUT2D eigenvalue weighted by atomic mass is 10.2. The van der Waals surface area contributed by atoms with Gasteiger partial charge in [0.25, 0.3) is 0 Å². The third-order valence-electron chi connectivity index (χ3n) is 1.71. The maximum Gasteiger partial charge on any atom is 0.153 e. The molecule has 1 rings (SSSR count). The van der Waals surface area contributed by atoms with E-state index in [4.69, 9.17) is 9.47 Å². The van der Waals surface area contributed by atoms with Gasteiger partial charge in [-0.05, 0) is 35.0 Å². The van der Waals surface area contributed by atoms with Crippen molar-refractivity contribution in [2.45, 2.75) is 6.92 Å². The van der Waals surface area contributed by atoms with Gasteiger partial charge in [-0.2, -0.15) is 0 Å². The van der Waals surface area contributed by atoms with Gasteiger partial charge in [0.1, 0.15) is 11.5 Å². The molecule has 0 aliphatic rings. The molecule has 14 heavy (non-hydrogen) atoms. The van der Waals surface area contributed by atoms with Crippen LogP contribution in [-0.4, -0.2) is 20.0 Å². The first-order valence-corrected chi connectivity index (χ1v) is 4.97. The van der Waals surface area contributed by atoms with Gasteiger partial charge in [-0.15, -0.1) is 0 Å². The maximum absolute atomic E-state index is 10.7. The molecule has 1 aromatic carbocycles. The molecule has 0 fully saturated rings. The Morgan fingerprint density at radius 1 is 1.43 bits per heavy atom. The number of hydrogen-bond acceptors (Lipinski definition) is 3. The number of benzene rings is 1. The van der Waals surface area contributed by atoms with Crippen molar-refractivity contribution in [1.29, 1.82) is 0 Å². The van der Waals surface area contributed by atoms with Crippen LogP contribution in [0.25, 0.3) is 0 Å². The van der Waals surface area contributed by atoms with E-state index in [2.05, 4.69) is 15.9 Å². The Balaban J connectivity index is 3.16. The summed E-state index contributed by atoms with van der Waals surface area (Å²) in [6.07, 6.45) is 0.750. The highest BCUT2D eigenvalue weighted by Gasteiger charge is 2.08. The summed E-state index contributed by atoms with van der Waals surface area (Å²) in [5.41, 5.74) is 0.493. The summed E-state index contributed by atoms with van der Waals surface area (Å²) in [7, 11) is 1.55. The fraction of sp³-hybridized carbons (Fsp3) is 0.300. The fourth-order valence-electron chi connectivity index (χ4n) is 1.08. The van der Waals surface area contributed by atoms with Crippen LogP contribution in [-0.2, 0) is 0 Å². The van der Waals surface area contributed by atoms with Crippen LogP contribution in [0, 0.1) is 0 Å². The zero-order chi connectivity index (χ0) is 10.6. The van der Waals surface area contributed by atoms with Crippen LogP contribution in [0.2, 0.25) is 0 Å². The molecule has 0 aromatic heterocycles. The molecule has 0 saturated heterocycles. The molecule has 0 atom stereocenters. The lowest BCUT2D eigenvalue weighted by molar-refractivity contribution is 0.111. The number of halogens is 1. The smallest absolute Gasteiger partial charge is 0.153 e. The van der Waals surface area contributed by atoms with E-state index in [-0.39, 0.29) is 0 Å². The minimum Gasteiger partial charge on any atom is -0.496 e. The molecule has 0 radical (unpaired) electrons. The van der Waals surface area contributed by atoms with E-state index in [0.29, 0.717) is 23.7 Å². The van der Waals surface area contributed by atoms with Gasteiger partial charge in [0.15, 0.2) is 6.29 Å². The molecular formula is C10H11BrO3. The van der Waals surface area contributed by atoms with Crippen molar-refractivity contribution in [2.75, 3.05) is 13.7 Å². The third-order valence-corrected chi connectivity index (χ3v) is 2.33. The van der Waals surface area contributed by atoms with Crippen LogP contribution in [0.4, 0.5) is 0 Å². The molecule has 4 heteroatoms. The minimum atomic E-state index is 0.493. The molecule has 0 aliphatic carbocycles. The van der Waals surface area contributed by atoms with Crippen molar-refractivity contribution in [2.24, 2.45) is 0 Å². The minimum absolute atomic E-state index is 0.493. The van der Waals surface area contributed by atoms with Crippen molar-refractivity contribution >= 4 is 22.2 Å². The SMILES string of the molecule is CCOc1cc(Br)c(OC)cc1C=O. The maximum atomic E-state index is 10.7. The van der Waals surface area contributed by atoms with Crippen LogP contribution in [0.5, 0.6) is 11.5 Å². The van der Waals surface area contributed by atoms with E-state index < -0.39 is 0 Å². The van der Waals surface area contributed by atoms with Crippen LogP contribution in [0.1, 0.15) is 17.3 Å². The molecule has 0 amide bonds. The van der Waals surface area contributed by atoms with Crippen molar-refractivity contribution in [3.8, 4) is 11.5 Å². The molecule has 1 aromatic rings. The van der Waals surface area contributed by atoms with Crippen LogP contribution in [0.15, 0.2) is 16.6 Å². The average Bonchev–Trinajstić information content (AvgIpc) is 2.19. The zero-order valence-corrected chi connectivity index (χ0v) is 9.63. The fourth-order valence-corrected chi connectivity index (χ4v) is 1.56. The summed E-state index contributed by atoms with van der Waals surface area (Å²) in [6.45, 7) is 2.40. The second-order valence-corrected chi connectivity index (χ2v) is 3.43. The summed E-state index contributed by atoms with van der Waals surface area (Å²) in [5.74, 6) is 1.19. The zero-order valence-electron chi connectivity index (χ0n) is 8.04. The molecule has 0 unspecified atom stereocenters. The predicted octanol–water partition coefficient (Wildman–Crippen LogP) is 2.67. The molecule has 0 saturated carbocycles. The van der Waals surface area contributed by atoms with Gasteiger partial charge in [0.2, 0.25) is 0 Å². The van der Waals surface area contributed by atoms with Gasteiger partial charge in [-0.3, -0.25) is 4.79 Å². The number of hydrogen-bond donors (Lipinski definition) is 0. The Labute approximate surface area is 91.1 Å². The quantitative estimate of drug-likeness (QED) is 0.780. The molecule has 0 bridgehead atoms. The lowest BCUT2D eigenvalue weighted by Crippen LogP contribution is -1.97. The number of carbonyl (C=O) groups is 1. The van der Waals surface area contributed by atoms with E-state index in [1.165, 1.54) is 0 Å². The van der Waals surface area contributed by atoms with Crippen LogP contribution < -0.4 is 9.47 Å². The first-order valence-electron chi connectivity index (χ1n) is 4.18. The summed E-state index contributed by atoms with van der Waals surface area (Å²) < 4.78 is 11.1. The van der Waals surface area contributed by atoms with E-state index in [9.17, 15) is 4.79 Å².